The normalized spacial score (nSPS) is 21.0. The van der Waals surface area contributed by atoms with E-state index in [0.29, 0.717) is 6.42 Å². The minimum atomic E-state index is -8.01. The van der Waals surface area contributed by atoms with Crippen molar-refractivity contribution < 1.29 is 88.9 Å². The van der Waals surface area contributed by atoms with Gasteiger partial charge in [-0.3, -0.25) is 14.3 Å². The highest BCUT2D eigenvalue weighted by Gasteiger charge is 2.85. The van der Waals surface area contributed by atoms with E-state index in [1.165, 1.54) is 4.74 Å². The van der Waals surface area contributed by atoms with E-state index in [-0.39, 0.29) is 25.7 Å². The summed E-state index contributed by atoms with van der Waals surface area (Å²) in [6.07, 6.45) is -38.0. The Bertz CT molecular complexity index is 786. The third kappa shape index (κ3) is 5.85. The fraction of sp³-hybridized carbons (Fsp3) is 0.933. The third-order valence-corrected chi connectivity index (χ3v) is 4.60. The van der Waals surface area contributed by atoms with Crippen LogP contribution in [0.3, 0.4) is 0 Å². The molecule has 36 heavy (non-hydrogen) atoms. The Balaban J connectivity index is 3.52. The lowest BCUT2D eigenvalue weighted by Crippen LogP contribution is -2.69. The van der Waals surface area contributed by atoms with Crippen molar-refractivity contribution in [3.63, 3.8) is 0 Å². The summed E-state index contributed by atoms with van der Waals surface area (Å²) in [6.45, 7) is 0. The van der Waals surface area contributed by atoms with Gasteiger partial charge in [0.05, 0.1) is 0 Å². The van der Waals surface area contributed by atoms with E-state index in [2.05, 4.69) is 0 Å². The van der Waals surface area contributed by atoms with E-state index in [9.17, 15) is 79.4 Å². The van der Waals surface area contributed by atoms with Gasteiger partial charge in [-0.1, -0.05) is 19.3 Å². The third-order valence-electron chi connectivity index (χ3n) is 4.60. The second-order valence-corrected chi connectivity index (χ2v) is 7.30. The number of halogens is 17. The molecule has 1 amide bonds. The molecule has 1 aliphatic carbocycles. The van der Waals surface area contributed by atoms with Crippen LogP contribution in [-0.4, -0.2) is 60.3 Å². The molecule has 0 aromatic rings. The van der Waals surface area contributed by atoms with E-state index in [1.54, 1.807) is 0 Å². The molecule has 0 saturated heterocycles. The van der Waals surface area contributed by atoms with Gasteiger partial charge in [0.2, 0.25) is 0 Å². The number of carbonyl (C=O) groups is 1. The minimum absolute atomic E-state index is 0.172. The van der Waals surface area contributed by atoms with Crippen molar-refractivity contribution in [2.75, 3.05) is 0 Å². The number of amides is 1. The molecular weight excluding hydrogens is 565 g/mol. The molecule has 0 aliphatic heterocycles. The molecule has 0 bridgehead atoms. The van der Waals surface area contributed by atoms with Crippen LogP contribution in [0, 0.1) is 0 Å². The molecule has 214 valence electrons. The first kappa shape index (κ1) is 32.2. The predicted molar refractivity (Wildman–Crippen MR) is 77.9 cm³/mol. The Morgan fingerprint density at radius 3 is 1.39 bits per heavy atom. The van der Waals surface area contributed by atoms with Crippen LogP contribution in [0.2, 0.25) is 0 Å². The zero-order valence-corrected chi connectivity index (χ0v) is 16.8. The highest BCUT2D eigenvalue weighted by atomic mass is 19.4. The summed E-state index contributed by atoms with van der Waals surface area (Å²) >= 11 is 0. The van der Waals surface area contributed by atoms with Crippen LogP contribution in [-0.2, 0) is 14.3 Å². The van der Waals surface area contributed by atoms with Gasteiger partial charge in [0.25, 0.3) is 5.91 Å². The first-order chi connectivity index (χ1) is 15.7. The molecule has 2 atom stereocenters. The largest absolute Gasteiger partial charge is 0.462 e. The van der Waals surface area contributed by atoms with Crippen LogP contribution in [0.25, 0.3) is 0 Å². The van der Waals surface area contributed by atoms with Gasteiger partial charge in [0.15, 0.2) is 0 Å². The van der Waals surface area contributed by atoms with Crippen molar-refractivity contribution in [2.24, 2.45) is 0 Å². The lowest BCUT2D eigenvalue weighted by Gasteiger charge is -2.40. The molecule has 0 heterocycles. The smallest absolute Gasteiger partial charge is 0.348 e. The van der Waals surface area contributed by atoms with Gasteiger partial charge in [0.1, 0.15) is 0 Å². The average molecular weight is 577 g/mol. The van der Waals surface area contributed by atoms with Crippen molar-refractivity contribution in [3.05, 3.63) is 0 Å². The van der Waals surface area contributed by atoms with Crippen molar-refractivity contribution in [1.82, 2.24) is 5.32 Å². The van der Waals surface area contributed by atoms with E-state index in [0.717, 1.165) is 5.32 Å². The number of nitrogens with one attached hydrogen (secondary N) is 1. The molecule has 1 fully saturated rings. The lowest BCUT2D eigenvalue weighted by molar-refractivity contribution is -0.548. The van der Waals surface area contributed by atoms with Crippen LogP contribution >= 0.6 is 0 Å². The molecule has 21 heteroatoms. The Labute approximate surface area is 188 Å². The molecule has 0 aromatic carbocycles. The molecule has 0 aromatic heterocycles. The van der Waals surface area contributed by atoms with Gasteiger partial charge < -0.3 is 5.32 Å². The first-order valence-corrected chi connectivity index (χ1v) is 9.09. The Hall–Kier alpha value is -1.80. The SMILES string of the molecule is O=C(NC1CCCCC1)[C@](F)(OC(F)(F)[C@](F)(OC(F)(F)C(F)(F)C(F)(F)F)C(F)(F)F)C(F)(F)F. The standard InChI is InChI=1S/C15H12F17NO3/c16-8(11(20,21)22,7(34)33-6-4-2-1-3-5-6)35-15(31,32)10(19,13(26,27)28)36-14(29,30)9(17,18)12(23,24)25/h6H,1-5H2,(H,33,34)/t8-,10+/m0/s1. The van der Waals surface area contributed by atoms with Gasteiger partial charge in [0, 0.05) is 6.04 Å². The van der Waals surface area contributed by atoms with Gasteiger partial charge in [-0.2, -0.15) is 74.6 Å². The monoisotopic (exact) mass is 577 g/mol. The summed E-state index contributed by atoms with van der Waals surface area (Å²) in [5.41, 5.74) is 0. The summed E-state index contributed by atoms with van der Waals surface area (Å²) in [5.74, 6) is -25.9. The van der Waals surface area contributed by atoms with E-state index in [1.807, 2.05) is 4.74 Å². The van der Waals surface area contributed by atoms with Crippen LogP contribution in [0.4, 0.5) is 74.6 Å². The number of hydrogen-bond donors (Lipinski definition) is 1. The number of ether oxygens (including phenoxy) is 2. The summed E-state index contributed by atoms with van der Waals surface area (Å²) < 4.78 is 225. The van der Waals surface area contributed by atoms with Gasteiger partial charge in [-0.05, 0) is 12.8 Å². The molecule has 1 rings (SSSR count). The zero-order valence-electron chi connectivity index (χ0n) is 16.8. The molecule has 1 saturated carbocycles. The summed E-state index contributed by atoms with van der Waals surface area (Å²) in [4.78, 5) is 11.7. The minimum Gasteiger partial charge on any atom is -0.348 e. The van der Waals surface area contributed by atoms with Crippen LogP contribution < -0.4 is 5.32 Å². The van der Waals surface area contributed by atoms with E-state index in [4.69, 9.17) is 0 Å². The van der Waals surface area contributed by atoms with E-state index < -0.39 is 60.3 Å². The summed E-state index contributed by atoms with van der Waals surface area (Å²) in [7, 11) is 0. The van der Waals surface area contributed by atoms with Crippen LogP contribution in [0.1, 0.15) is 32.1 Å². The number of carbonyl (C=O) groups excluding carboxylic acids is 1. The molecule has 1 N–H and O–H groups in total. The fourth-order valence-electron chi connectivity index (χ4n) is 2.69. The van der Waals surface area contributed by atoms with Crippen LogP contribution in [0.15, 0.2) is 0 Å². The summed E-state index contributed by atoms with van der Waals surface area (Å²) in [6, 6.07) is -1.41. The van der Waals surface area contributed by atoms with Gasteiger partial charge >= 0.3 is 48.4 Å². The first-order valence-electron chi connectivity index (χ1n) is 9.09. The van der Waals surface area contributed by atoms with Gasteiger partial charge in [-0.15, -0.1) is 0 Å². The number of hydrogen-bond acceptors (Lipinski definition) is 3. The Kier molecular flexibility index (Phi) is 8.50. The number of alkyl halides is 17. The van der Waals surface area contributed by atoms with Crippen molar-refractivity contribution in [3.8, 4) is 0 Å². The fourth-order valence-corrected chi connectivity index (χ4v) is 2.69. The Morgan fingerprint density at radius 1 is 0.583 bits per heavy atom. The van der Waals surface area contributed by atoms with Crippen LogP contribution in [0.5, 0.6) is 0 Å². The maximum atomic E-state index is 14.4. The topological polar surface area (TPSA) is 47.6 Å². The van der Waals surface area contributed by atoms with Crippen molar-refractivity contribution in [1.29, 1.82) is 0 Å². The number of rotatable bonds is 8. The average Bonchev–Trinajstić information content (AvgIpc) is 2.65. The zero-order chi connectivity index (χ0) is 28.8. The highest BCUT2D eigenvalue weighted by Crippen LogP contribution is 2.56. The summed E-state index contributed by atoms with van der Waals surface area (Å²) in [5, 5.41) is 1.12. The molecule has 0 spiro atoms. The second-order valence-electron chi connectivity index (χ2n) is 7.30. The lowest BCUT2D eigenvalue weighted by atomic mass is 9.95. The second kappa shape index (κ2) is 9.50. The predicted octanol–water partition coefficient (Wildman–Crippen LogP) is 6.31. The maximum absolute atomic E-state index is 14.4. The van der Waals surface area contributed by atoms with Crippen molar-refractivity contribution >= 4 is 5.91 Å². The van der Waals surface area contributed by atoms with Crippen molar-refractivity contribution in [2.45, 2.75) is 86.5 Å². The molecule has 0 radical (unpaired) electrons. The quantitative estimate of drug-likeness (QED) is 0.345. The maximum Gasteiger partial charge on any atom is 0.462 e. The molecular formula is C15H12F17NO3. The molecule has 0 unspecified atom stereocenters. The highest BCUT2D eigenvalue weighted by molar-refractivity contribution is 5.84. The molecule has 1 aliphatic rings. The van der Waals surface area contributed by atoms with Gasteiger partial charge in [-0.25, -0.2) is 0 Å². The Morgan fingerprint density at radius 2 is 1.03 bits per heavy atom. The van der Waals surface area contributed by atoms with E-state index >= 15 is 0 Å². The molecule has 4 nitrogen and oxygen atoms in total.